The Bertz CT molecular complexity index is 935. The van der Waals surface area contributed by atoms with Crippen LogP contribution in [0.1, 0.15) is 58.8 Å². The molecule has 0 saturated heterocycles. The maximum Gasteiger partial charge on any atom is 0.490 e. The molecule has 0 N–H and O–H groups in total. The molecule has 0 radical (unpaired) electrons. The number of methoxy groups -OCH3 is 1. The molecule has 4 rings (SSSR count). The zero-order valence-electron chi connectivity index (χ0n) is 20.5. The maximum atomic E-state index is 13.3. The van der Waals surface area contributed by atoms with Gasteiger partial charge in [-0.25, -0.2) is 9.59 Å². The van der Waals surface area contributed by atoms with Gasteiger partial charge in [-0.1, -0.05) is 19.4 Å². The third-order valence-electron chi connectivity index (χ3n) is 9.42. The molecule has 196 valence electrons. The lowest BCUT2D eigenvalue weighted by Crippen LogP contribution is -2.63. The van der Waals surface area contributed by atoms with E-state index in [0.717, 1.165) is 5.57 Å². The number of hydrogen-bond acceptors (Lipinski definition) is 7. The first kappa shape index (κ1) is 26.5. The molecule has 0 spiro atoms. The highest BCUT2D eigenvalue weighted by molar-refractivity contribution is 7.98. The Morgan fingerprint density at radius 1 is 1.17 bits per heavy atom. The molecule has 4 aliphatic rings. The summed E-state index contributed by atoms with van der Waals surface area (Å²) in [5.41, 5.74) is -1.83. The van der Waals surface area contributed by atoms with Crippen molar-refractivity contribution in [3.8, 4) is 0 Å². The first-order valence-corrected chi connectivity index (χ1v) is 13.5. The summed E-state index contributed by atoms with van der Waals surface area (Å²) in [5, 5.41) is 0. The molecule has 35 heavy (non-hydrogen) atoms. The van der Waals surface area contributed by atoms with E-state index in [4.69, 9.17) is 14.2 Å². The number of esters is 2. The van der Waals surface area contributed by atoms with Crippen molar-refractivity contribution in [3.05, 3.63) is 11.6 Å². The first-order valence-electron chi connectivity index (χ1n) is 12.1. The summed E-state index contributed by atoms with van der Waals surface area (Å²) >= 11 is 1.40. The molecule has 0 amide bonds. The molecule has 0 aromatic carbocycles. The standard InChI is InChI=1S/C25H33F3O6S/c1-22-9-7-15(29)11-14(22)5-6-16-17-8-10-24(20(30)32-3,33-13-35-4)23(17,2)12-18(19(16)22)34-21(31)25(26,27)28/h11,16-19H,5-10,12-13H2,1-4H3/t16-,17-,18?,19-,22-,23-,24?/m0/s1. The van der Waals surface area contributed by atoms with Crippen molar-refractivity contribution in [2.45, 2.75) is 76.7 Å². The molecule has 2 unspecified atom stereocenters. The molecule has 0 aromatic rings. The number of allylic oxidation sites excluding steroid dienone is 1. The summed E-state index contributed by atoms with van der Waals surface area (Å²) in [6.07, 6.45) is 0.522. The van der Waals surface area contributed by atoms with E-state index in [0.29, 0.717) is 38.5 Å². The van der Waals surface area contributed by atoms with Crippen LogP contribution in [0.5, 0.6) is 0 Å². The quantitative estimate of drug-likeness (QED) is 0.380. The molecule has 10 heteroatoms. The van der Waals surface area contributed by atoms with Gasteiger partial charge in [0.05, 0.1) is 13.0 Å². The second kappa shape index (κ2) is 9.08. The van der Waals surface area contributed by atoms with Gasteiger partial charge >= 0.3 is 18.1 Å². The number of alkyl halides is 3. The van der Waals surface area contributed by atoms with Gasteiger partial charge in [-0.3, -0.25) is 4.79 Å². The van der Waals surface area contributed by atoms with E-state index in [1.54, 1.807) is 6.08 Å². The zero-order chi connectivity index (χ0) is 25.8. The summed E-state index contributed by atoms with van der Waals surface area (Å²) in [4.78, 5) is 37.4. The van der Waals surface area contributed by atoms with Gasteiger partial charge < -0.3 is 14.2 Å². The fourth-order valence-electron chi connectivity index (χ4n) is 7.91. The van der Waals surface area contributed by atoms with Gasteiger partial charge in [0.1, 0.15) is 6.10 Å². The van der Waals surface area contributed by atoms with Gasteiger partial charge in [0.25, 0.3) is 0 Å². The number of hydrogen-bond donors (Lipinski definition) is 0. The van der Waals surface area contributed by atoms with Crippen LogP contribution in [-0.2, 0) is 28.6 Å². The Morgan fingerprint density at radius 2 is 1.89 bits per heavy atom. The van der Waals surface area contributed by atoms with Crippen LogP contribution >= 0.6 is 11.8 Å². The van der Waals surface area contributed by atoms with Crippen molar-refractivity contribution in [2.24, 2.45) is 28.6 Å². The lowest BCUT2D eigenvalue weighted by molar-refractivity contribution is -0.231. The number of ether oxygens (including phenoxy) is 3. The summed E-state index contributed by atoms with van der Waals surface area (Å²) < 4.78 is 56.6. The van der Waals surface area contributed by atoms with Crippen molar-refractivity contribution in [1.29, 1.82) is 0 Å². The number of ketones is 1. The van der Waals surface area contributed by atoms with Gasteiger partial charge in [-0.05, 0) is 68.1 Å². The second-order valence-electron chi connectivity index (χ2n) is 10.9. The molecule has 0 aromatic heterocycles. The molecule has 3 saturated carbocycles. The van der Waals surface area contributed by atoms with Crippen LogP contribution in [0, 0.1) is 28.6 Å². The highest BCUT2D eigenvalue weighted by Gasteiger charge is 2.71. The van der Waals surface area contributed by atoms with Crippen molar-refractivity contribution < 1.29 is 41.8 Å². The molecule has 7 atom stereocenters. The normalized spacial score (nSPS) is 40.8. The molecule has 4 aliphatic carbocycles. The Kier molecular flexibility index (Phi) is 6.88. The number of thioether (sulfide) groups is 1. The van der Waals surface area contributed by atoms with Gasteiger partial charge in [0, 0.05) is 17.8 Å². The molecule has 0 heterocycles. The summed E-state index contributed by atoms with van der Waals surface area (Å²) in [6, 6.07) is 0. The molecule has 0 aliphatic heterocycles. The second-order valence-corrected chi connectivity index (χ2v) is 11.7. The lowest BCUT2D eigenvalue weighted by Gasteiger charge is -2.61. The number of fused-ring (bicyclic) bond motifs is 5. The fraction of sp³-hybridized carbons (Fsp3) is 0.800. The third kappa shape index (κ3) is 4.03. The molecule has 6 nitrogen and oxygen atoms in total. The van der Waals surface area contributed by atoms with Crippen LogP contribution in [0.3, 0.4) is 0 Å². The summed E-state index contributed by atoms with van der Waals surface area (Å²) in [5.74, 6) is -3.00. The van der Waals surface area contributed by atoms with E-state index in [9.17, 15) is 27.6 Å². The number of halogens is 3. The van der Waals surface area contributed by atoms with Gasteiger partial charge in [-0.2, -0.15) is 13.2 Å². The third-order valence-corrected chi connectivity index (χ3v) is 9.78. The number of rotatable bonds is 5. The maximum absolute atomic E-state index is 13.3. The van der Waals surface area contributed by atoms with Crippen LogP contribution in [-0.4, -0.2) is 54.9 Å². The average Bonchev–Trinajstić information content (AvgIpc) is 3.09. The summed E-state index contributed by atoms with van der Waals surface area (Å²) in [7, 11) is 1.29. The van der Waals surface area contributed by atoms with E-state index in [2.05, 4.69) is 0 Å². The van der Waals surface area contributed by atoms with Crippen molar-refractivity contribution in [2.75, 3.05) is 19.3 Å². The number of carbonyl (C=O) groups excluding carboxylic acids is 3. The predicted molar refractivity (Wildman–Crippen MR) is 122 cm³/mol. The zero-order valence-corrected chi connectivity index (χ0v) is 21.4. The minimum atomic E-state index is -5.13. The average molecular weight is 519 g/mol. The Labute approximate surface area is 207 Å². The monoisotopic (exact) mass is 518 g/mol. The Balaban J connectivity index is 1.81. The van der Waals surface area contributed by atoms with E-state index in [1.165, 1.54) is 18.9 Å². The highest BCUT2D eigenvalue weighted by Crippen LogP contribution is 2.69. The predicted octanol–water partition coefficient (Wildman–Crippen LogP) is 4.85. The van der Waals surface area contributed by atoms with E-state index >= 15 is 0 Å². The van der Waals surface area contributed by atoms with E-state index in [-0.39, 0.29) is 35.9 Å². The molecular formula is C25H33F3O6S. The Hall–Kier alpha value is -1.55. The molecular weight excluding hydrogens is 485 g/mol. The van der Waals surface area contributed by atoms with Crippen LogP contribution in [0.15, 0.2) is 11.6 Å². The van der Waals surface area contributed by atoms with Gasteiger partial charge in [-0.15, -0.1) is 11.8 Å². The van der Waals surface area contributed by atoms with Gasteiger partial charge in [0.15, 0.2) is 11.4 Å². The summed E-state index contributed by atoms with van der Waals surface area (Å²) in [6.45, 7) is 3.87. The fourth-order valence-corrected chi connectivity index (χ4v) is 8.23. The largest absolute Gasteiger partial charge is 0.490 e. The Morgan fingerprint density at radius 3 is 2.51 bits per heavy atom. The van der Waals surface area contributed by atoms with E-state index < -0.39 is 40.6 Å². The van der Waals surface area contributed by atoms with Crippen molar-refractivity contribution in [3.63, 3.8) is 0 Å². The highest BCUT2D eigenvalue weighted by atomic mass is 32.2. The van der Waals surface area contributed by atoms with E-state index in [1.807, 2.05) is 20.1 Å². The van der Waals surface area contributed by atoms with Gasteiger partial charge in [0.2, 0.25) is 0 Å². The minimum absolute atomic E-state index is 0.0229. The van der Waals surface area contributed by atoms with Crippen LogP contribution in [0.4, 0.5) is 13.2 Å². The lowest BCUT2D eigenvalue weighted by atomic mass is 9.45. The van der Waals surface area contributed by atoms with Crippen molar-refractivity contribution in [1.82, 2.24) is 0 Å². The SMILES string of the molecule is COC(=O)C1(OCSC)CC[C@H]2[C@@H]3CCC4=CC(=O)CC[C@]4(C)[C@@H]3C(OC(=O)C(F)(F)F)C[C@@]21C. The van der Waals surface area contributed by atoms with Crippen LogP contribution in [0.2, 0.25) is 0 Å². The van der Waals surface area contributed by atoms with Crippen molar-refractivity contribution >= 4 is 29.5 Å². The topological polar surface area (TPSA) is 78.9 Å². The van der Waals surface area contributed by atoms with Crippen LogP contribution in [0.25, 0.3) is 0 Å². The van der Waals surface area contributed by atoms with Crippen LogP contribution < -0.4 is 0 Å². The number of carbonyl (C=O) groups is 3. The minimum Gasteiger partial charge on any atom is -0.467 e. The molecule has 0 bridgehead atoms. The first-order chi connectivity index (χ1) is 16.3. The smallest absolute Gasteiger partial charge is 0.467 e. The molecule has 3 fully saturated rings.